The van der Waals surface area contributed by atoms with Crippen molar-refractivity contribution >= 4 is 23.4 Å². The van der Waals surface area contributed by atoms with Crippen molar-refractivity contribution in [2.75, 3.05) is 23.8 Å². The number of carbonyl (C=O) groups is 1. The second-order valence-electron chi connectivity index (χ2n) is 4.32. The number of anilines is 2. The average Bonchev–Trinajstić information content (AvgIpc) is 3.27. The molecule has 1 fully saturated rings. The van der Waals surface area contributed by atoms with Crippen molar-refractivity contribution in [3.05, 3.63) is 16.3 Å². The van der Waals surface area contributed by atoms with E-state index in [1.807, 2.05) is 0 Å². The van der Waals surface area contributed by atoms with Gasteiger partial charge < -0.3 is 10.6 Å². The fraction of sp³-hybridized carbons (Fsp3) is 0.500. The minimum absolute atomic E-state index is 0.0216. The topological polar surface area (TPSA) is 148 Å². The smallest absolute Gasteiger partial charge is 0.329 e. The fourth-order valence-electron chi connectivity index (χ4n) is 1.57. The second-order valence-corrected chi connectivity index (χ2v) is 4.32. The van der Waals surface area contributed by atoms with Gasteiger partial charge in [0, 0.05) is 19.0 Å². The van der Waals surface area contributed by atoms with Crippen LogP contribution in [0, 0.1) is 16.0 Å². The highest BCUT2D eigenvalue weighted by Crippen LogP contribution is 2.28. The van der Waals surface area contributed by atoms with Gasteiger partial charge in [0.2, 0.25) is 17.7 Å². The van der Waals surface area contributed by atoms with Crippen LogP contribution in [0.3, 0.4) is 0 Å². The first-order chi connectivity index (χ1) is 9.61. The molecule has 2 rings (SSSR count). The van der Waals surface area contributed by atoms with Gasteiger partial charge in [-0.1, -0.05) is 0 Å². The summed E-state index contributed by atoms with van der Waals surface area (Å²) in [7, 11) is 0. The van der Waals surface area contributed by atoms with Crippen molar-refractivity contribution in [2.45, 2.75) is 12.8 Å². The highest BCUT2D eigenvalue weighted by Gasteiger charge is 2.29. The highest BCUT2D eigenvalue weighted by molar-refractivity contribution is 5.80. The molecule has 5 N–H and O–H groups in total. The SMILES string of the molecule is NNc1ncc([N+](=O)[O-])c(NCCNC(=O)C2CC2)n1. The van der Waals surface area contributed by atoms with Gasteiger partial charge >= 0.3 is 5.69 Å². The van der Waals surface area contributed by atoms with Gasteiger partial charge in [-0.05, 0) is 12.8 Å². The van der Waals surface area contributed by atoms with Gasteiger partial charge in [-0.3, -0.25) is 20.3 Å². The number of aromatic nitrogens is 2. The number of rotatable bonds is 7. The van der Waals surface area contributed by atoms with Crippen LogP contribution < -0.4 is 21.9 Å². The van der Waals surface area contributed by atoms with Gasteiger partial charge in [0.1, 0.15) is 6.20 Å². The Bertz CT molecular complexity index is 518. The van der Waals surface area contributed by atoms with Crippen LogP contribution >= 0.6 is 0 Å². The minimum Gasteiger partial charge on any atom is -0.362 e. The molecule has 1 saturated carbocycles. The summed E-state index contributed by atoms with van der Waals surface area (Å²) in [5.74, 6) is 5.43. The lowest BCUT2D eigenvalue weighted by Gasteiger charge is -2.08. The van der Waals surface area contributed by atoms with E-state index >= 15 is 0 Å². The number of hydrogen-bond acceptors (Lipinski definition) is 8. The van der Waals surface area contributed by atoms with Gasteiger partial charge in [-0.25, -0.2) is 10.8 Å². The standard InChI is InChI=1S/C10H15N7O3/c11-16-10-14-5-7(17(19)20)8(15-10)12-3-4-13-9(18)6-1-2-6/h5-6H,1-4,11H2,(H,13,18)(H2,12,14,15,16). The number of nitro groups is 1. The quantitative estimate of drug-likeness (QED) is 0.228. The molecule has 0 radical (unpaired) electrons. The number of nitrogens with two attached hydrogens (primary N) is 1. The van der Waals surface area contributed by atoms with Crippen LogP contribution in [0.1, 0.15) is 12.8 Å². The van der Waals surface area contributed by atoms with Crippen LogP contribution in [0.2, 0.25) is 0 Å². The molecule has 108 valence electrons. The molecule has 0 atom stereocenters. The summed E-state index contributed by atoms with van der Waals surface area (Å²) in [4.78, 5) is 29.2. The van der Waals surface area contributed by atoms with E-state index in [1.54, 1.807) is 0 Å². The van der Waals surface area contributed by atoms with Gasteiger partial charge in [0.25, 0.3) is 0 Å². The zero-order valence-electron chi connectivity index (χ0n) is 10.6. The third-order valence-corrected chi connectivity index (χ3v) is 2.76. The van der Waals surface area contributed by atoms with Crippen molar-refractivity contribution in [3.63, 3.8) is 0 Å². The minimum atomic E-state index is -0.592. The van der Waals surface area contributed by atoms with Crippen molar-refractivity contribution in [1.29, 1.82) is 0 Å². The molecule has 1 heterocycles. The van der Waals surface area contributed by atoms with Gasteiger partial charge in [-0.2, -0.15) is 4.98 Å². The lowest BCUT2D eigenvalue weighted by atomic mass is 10.4. The van der Waals surface area contributed by atoms with E-state index < -0.39 is 4.92 Å². The molecule has 1 amide bonds. The van der Waals surface area contributed by atoms with Gasteiger partial charge in [-0.15, -0.1) is 0 Å². The molecule has 1 aromatic heterocycles. The number of nitrogens with zero attached hydrogens (tertiary/aromatic N) is 3. The molecule has 1 aromatic rings. The normalized spacial score (nSPS) is 13.7. The zero-order valence-corrected chi connectivity index (χ0v) is 10.6. The van der Waals surface area contributed by atoms with E-state index in [1.165, 1.54) is 0 Å². The van der Waals surface area contributed by atoms with Crippen molar-refractivity contribution < 1.29 is 9.72 Å². The molecule has 20 heavy (non-hydrogen) atoms. The number of amides is 1. The fourth-order valence-corrected chi connectivity index (χ4v) is 1.57. The lowest BCUT2D eigenvalue weighted by Crippen LogP contribution is -2.30. The number of carbonyl (C=O) groups excluding carboxylic acids is 1. The molecule has 10 nitrogen and oxygen atoms in total. The van der Waals surface area contributed by atoms with E-state index in [0.29, 0.717) is 13.1 Å². The summed E-state index contributed by atoms with van der Waals surface area (Å²) in [6.07, 6.45) is 2.93. The summed E-state index contributed by atoms with van der Waals surface area (Å²) in [6.45, 7) is 0.683. The highest BCUT2D eigenvalue weighted by atomic mass is 16.6. The molecule has 0 unspecified atom stereocenters. The van der Waals surface area contributed by atoms with E-state index in [4.69, 9.17) is 5.84 Å². The maximum Gasteiger partial charge on any atom is 0.329 e. The predicted molar refractivity (Wildman–Crippen MR) is 70.7 cm³/mol. The van der Waals surface area contributed by atoms with Crippen molar-refractivity contribution in [1.82, 2.24) is 15.3 Å². The maximum atomic E-state index is 11.4. The Morgan fingerprint density at radius 2 is 2.25 bits per heavy atom. The van der Waals surface area contributed by atoms with E-state index in [9.17, 15) is 14.9 Å². The third-order valence-electron chi connectivity index (χ3n) is 2.76. The summed E-state index contributed by atoms with van der Waals surface area (Å²) in [5.41, 5.74) is 1.96. The summed E-state index contributed by atoms with van der Waals surface area (Å²) < 4.78 is 0. The molecule has 0 spiro atoms. The Morgan fingerprint density at radius 3 is 2.85 bits per heavy atom. The number of hydrazine groups is 1. The average molecular weight is 281 g/mol. The first-order valence-electron chi connectivity index (χ1n) is 6.11. The Kier molecular flexibility index (Phi) is 4.25. The Balaban J connectivity index is 1.89. The second kappa shape index (κ2) is 6.10. The third kappa shape index (κ3) is 3.51. The Morgan fingerprint density at radius 1 is 1.50 bits per heavy atom. The summed E-state index contributed by atoms with van der Waals surface area (Å²) >= 11 is 0. The summed E-state index contributed by atoms with van der Waals surface area (Å²) in [5, 5.41) is 16.3. The monoisotopic (exact) mass is 281 g/mol. The molecule has 10 heteroatoms. The largest absolute Gasteiger partial charge is 0.362 e. The van der Waals surface area contributed by atoms with Crippen LogP contribution in [0.15, 0.2) is 6.20 Å². The molecule has 1 aliphatic rings. The zero-order chi connectivity index (χ0) is 14.5. The Labute approximate surface area is 114 Å². The van der Waals surface area contributed by atoms with E-state index in [-0.39, 0.29) is 29.3 Å². The number of nitrogens with one attached hydrogen (secondary N) is 3. The molecular weight excluding hydrogens is 266 g/mol. The van der Waals surface area contributed by atoms with Gasteiger partial charge in [0.15, 0.2) is 0 Å². The first kappa shape index (κ1) is 13.9. The number of nitrogen functional groups attached to an aromatic ring is 1. The first-order valence-corrected chi connectivity index (χ1v) is 6.11. The van der Waals surface area contributed by atoms with Crippen LogP contribution in [0.4, 0.5) is 17.5 Å². The van der Waals surface area contributed by atoms with Crippen molar-refractivity contribution in [3.8, 4) is 0 Å². The molecular formula is C10H15N7O3. The molecule has 1 aliphatic carbocycles. The molecule has 0 aromatic carbocycles. The van der Waals surface area contributed by atoms with Crippen LogP contribution in [-0.4, -0.2) is 33.9 Å². The van der Waals surface area contributed by atoms with Crippen LogP contribution in [-0.2, 0) is 4.79 Å². The maximum absolute atomic E-state index is 11.4. The van der Waals surface area contributed by atoms with Crippen LogP contribution in [0.5, 0.6) is 0 Å². The molecule has 0 saturated heterocycles. The van der Waals surface area contributed by atoms with E-state index in [0.717, 1.165) is 19.0 Å². The molecule has 0 aliphatic heterocycles. The van der Waals surface area contributed by atoms with Crippen LogP contribution in [0.25, 0.3) is 0 Å². The summed E-state index contributed by atoms with van der Waals surface area (Å²) in [6, 6.07) is 0. The van der Waals surface area contributed by atoms with Gasteiger partial charge in [0.05, 0.1) is 4.92 Å². The Hall–Kier alpha value is -2.49. The van der Waals surface area contributed by atoms with E-state index in [2.05, 4.69) is 26.0 Å². The molecule has 0 bridgehead atoms. The lowest BCUT2D eigenvalue weighted by molar-refractivity contribution is -0.384. The van der Waals surface area contributed by atoms with Crippen molar-refractivity contribution in [2.24, 2.45) is 11.8 Å². The predicted octanol–water partition coefficient (Wildman–Crippen LogP) is -0.392. The number of hydrogen-bond donors (Lipinski definition) is 4.